The van der Waals surface area contributed by atoms with Gasteiger partial charge in [0.05, 0.1) is 22.0 Å². The number of ether oxygens (including phenoxy) is 1. The lowest BCUT2D eigenvalue weighted by Crippen LogP contribution is -2.20. The largest absolute Gasteiger partial charge is 0.422 e. The minimum atomic E-state index is -4.69. The van der Waals surface area contributed by atoms with E-state index in [0.717, 1.165) is 12.1 Å². The molecule has 0 bridgehead atoms. The van der Waals surface area contributed by atoms with Gasteiger partial charge in [0, 0.05) is 17.4 Å². The lowest BCUT2D eigenvalue weighted by molar-refractivity contribution is -0.137. The second-order valence-electron chi connectivity index (χ2n) is 7.98. The average molecular weight is 593 g/mol. The molecular weight excluding hydrogens is 572 g/mol. The van der Waals surface area contributed by atoms with Gasteiger partial charge in [0.2, 0.25) is 5.91 Å². The summed E-state index contributed by atoms with van der Waals surface area (Å²) in [6, 6.07) is 16.9. The molecule has 0 aliphatic heterocycles. The van der Waals surface area contributed by atoms with Crippen molar-refractivity contribution in [2.75, 3.05) is 10.6 Å². The maximum absolute atomic E-state index is 13.1. The maximum atomic E-state index is 13.1. The van der Waals surface area contributed by atoms with Crippen molar-refractivity contribution in [2.24, 2.45) is 5.73 Å². The van der Waals surface area contributed by atoms with Crippen LogP contribution in [0, 0.1) is 0 Å². The number of primary amides is 1. The number of nitrogens with two attached hydrogens (primary N) is 1. The highest BCUT2D eigenvalue weighted by atomic mass is 35.5. The zero-order chi connectivity index (χ0) is 28.2. The molecule has 0 aliphatic rings. The third kappa shape index (κ3) is 7.38. The first-order chi connectivity index (χ1) is 18.5. The quantitative estimate of drug-likeness (QED) is 0.167. The second kappa shape index (κ2) is 12.6. The van der Waals surface area contributed by atoms with E-state index in [1.165, 1.54) is 18.3 Å². The number of alkyl halides is 4. The van der Waals surface area contributed by atoms with Crippen molar-refractivity contribution in [2.45, 2.75) is 11.6 Å². The molecule has 0 aliphatic carbocycles. The van der Waals surface area contributed by atoms with E-state index >= 15 is 0 Å². The normalized spacial score (nSPS) is 11.6. The number of rotatable bonds is 7. The molecule has 3 aromatic carbocycles. The number of para-hydroxylation sites is 2. The average Bonchev–Trinajstić information content (AvgIpc) is 2.90. The Morgan fingerprint density at radius 1 is 0.975 bits per heavy atom. The van der Waals surface area contributed by atoms with Crippen LogP contribution in [-0.2, 0) is 11.0 Å². The summed E-state index contributed by atoms with van der Waals surface area (Å²) in [4.78, 5) is 32.4. The molecule has 1 heterocycles. The van der Waals surface area contributed by atoms with Gasteiger partial charge in [-0.3, -0.25) is 4.79 Å². The molecular formula is C26H21Cl2F3N6O3. The van der Waals surface area contributed by atoms with E-state index in [1.807, 2.05) is 0 Å². The van der Waals surface area contributed by atoms with E-state index in [9.17, 15) is 22.8 Å². The molecule has 1 unspecified atom stereocenters. The van der Waals surface area contributed by atoms with E-state index in [2.05, 4.69) is 20.6 Å². The number of anilines is 2. The topological polar surface area (TPSA) is 154 Å². The standard InChI is InChI=1S/C26H18Cl2F3N5O3.H3N/c27-18-9-8-16(13-17(18)26(29,30)31)34-24(38)35-20-6-1-2-7-21(20)39-25-33-11-10-19(36-25)14-4-3-5-15(12-14)22(28)23(32)37;/h1-13,22H,(H2,32,37)(H2,34,35,38);1H3. The summed E-state index contributed by atoms with van der Waals surface area (Å²) in [7, 11) is 0. The van der Waals surface area contributed by atoms with Crippen LogP contribution < -0.4 is 27.3 Å². The zero-order valence-corrected chi connectivity index (χ0v) is 21.9. The Balaban J connectivity index is 0.00000441. The minimum Gasteiger partial charge on any atom is -0.422 e. The van der Waals surface area contributed by atoms with Gasteiger partial charge in [0.15, 0.2) is 5.75 Å². The molecule has 1 atom stereocenters. The highest BCUT2D eigenvalue weighted by Crippen LogP contribution is 2.36. The Labute approximate surface area is 236 Å². The van der Waals surface area contributed by atoms with Crippen molar-refractivity contribution in [1.82, 2.24) is 16.1 Å². The predicted octanol–water partition coefficient (Wildman–Crippen LogP) is 7.18. The molecule has 0 fully saturated rings. The van der Waals surface area contributed by atoms with Crippen LogP contribution in [0.5, 0.6) is 11.8 Å². The number of halogens is 5. The van der Waals surface area contributed by atoms with Crippen molar-refractivity contribution in [3.63, 3.8) is 0 Å². The third-order valence-electron chi connectivity index (χ3n) is 5.22. The summed E-state index contributed by atoms with van der Waals surface area (Å²) < 4.78 is 45.2. The number of nitrogens with one attached hydrogen (secondary N) is 2. The van der Waals surface area contributed by atoms with Crippen LogP contribution in [0.4, 0.5) is 29.3 Å². The third-order valence-corrected chi connectivity index (χ3v) is 6.02. The Bertz CT molecular complexity index is 1540. The highest BCUT2D eigenvalue weighted by Gasteiger charge is 2.33. The number of aromatic nitrogens is 2. The number of carbonyl (C=O) groups excluding carboxylic acids is 2. The van der Waals surface area contributed by atoms with Crippen LogP contribution in [0.25, 0.3) is 11.3 Å². The molecule has 9 nitrogen and oxygen atoms in total. The molecule has 0 spiro atoms. The number of carbonyl (C=O) groups is 2. The number of amides is 3. The lowest BCUT2D eigenvalue weighted by atomic mass is 10.1. The lowest BCUT2D eigenvalue weighted by Gasteiger charge is -2.14. The number of urea groups is 1. The predicted molar refractivity (Wildman–Crippen MR) is 146 cm³/mol. The van der Waals surface area contributed by atoms with E-state index in [1.54, 1.807) is 48.5 Å². The highest BCUT2D eigenvalue weighted by molar-refractivity contribution is 6.31. The molecule has 4 aromatic rings. The van der Waals surface area contributed by atoms with E-state index in [4.69, 9.17) is 33.7 Å². The Hall–Kier alpha value is -4.39. The number of hydrogen-bond donors (Lipinski definition) is 4. The number of hydrogen-bond acceptors (Lipinski definition) is 6. The van der Waals surface area contributed by atoms with Crippen LogP contribution in [0.2, 0.25) is 5.02 Å². The molecule has 208 valence electrons. The first kappa shape index (κ1) is 30.2. The first-order valence-corrected chi connectivity index (χ1v) is 11.9. The van der Waals surface area contributed by atoms with Gasteiger partial charge in [-0.15, -0.1) is 11.6 Å². The monoisotopic (exact) mass is 592 g/mol. The molecule has 0 radical (unpaired) electrons. The molecule has 1 aromatic heterocycles. The van der Waals surface area contributed by atoms with Crippen LogP contribution >= 0.6 is 23.2 Å². The van der Waals surface area contributed by atoms with Gasteiger partial charge in [-0.1, -0.05) is 41.9 Å². The van der Waals surface area contributed by atoms with E-state index in [-0.39, 0.29) is 29.3 Å². The van der Waals surface area contributed by atoms with Crippen molar-refractivity contribution >= 4 is 46.5 Å². The summed E-state index contributed by atoms with van der Waals surface area (Å²) in [5.74, 6) is -0.522. The van der Waals surface area contributed by atoms with E-state index in [0.29, 0.717) is 16.8 Å². The van der Waals surface area contributed by atoms with Gasteiger partial charge < -0.3 is 27.3 Å². The number of benzene rings is 3. The Morgan fingerprint density at radius 3 is 2.45 bits per heavy atom. The van der Waals surface area contributed by atoms with Crippen LogP contribution in [-0.4, -0.2) is 21.9 Å². The summed E-state index contributed by atoms with van der Waals surface area (Å²) in [5, 5.41) is 3.36. The Morgan fingerprint density at radius 2 is 1.73 bits per heavy atom. The summed E-state index contributed by atoms with van der Waals surface area (Å²) in [6.07, 6.45) is -3.23. The van der Waals surface area contributed by atoms with Crippen molar-refractivity contribution in [3.8, 4) is 23.0 Å². The van der Waals surface area contributed by atoms with Crippen LogP contribution in [0.1, 0.15) is 16.5 Å². The van der Waals surface area contributed by atoms with Crippen LogP contribution in [0.15, 0.2) is 79.0 Å². The van der Waals surface area contributed by atoms with Gasteiger partial charge in [-0.2, -0.15) is 18.2 Å². The molecule has 7 N–H and O–H groups in total. The van der Waals surface area contributed by atoms with Gasteiger partial charge in [0.1, 0.15) is 5.38 Å². The molecule has 3 amide bonds. The van der Waals surface area contributed by atoms with Gasteiger partial charge >= 0.3 is 18.2 Å². The smallest absolute Gasteiger partial charge is 0.417 e. The molecule has 14 heteroatoms. The summed E-state index contributed by atoms with van der Waals surface area (Å²) in [6.45, 7) is 0. The van der Waals surface area contributed by atoms with Gasteiger partial charge in [-0.05, 0) is 48.0 Å². The van der Waals surface area contributed by atoms with Crippen molar-refractivity contribution in [1.29, 1.82) is 0 Å². The molecule has 40 heavy (non-hydrogen) atoms. The minimum absolute atomic E-state index is 0. The molecule has 4 rings (SSSR count). The molecule has 0 saturated carbocycles. The van der Waals surface area contributed by atoms with Crippen molar-refractivity contribution < 1.29 is 27.5 Å². The fourth-order valence-electron chi connectivity index (χ4n) is 3.43. The fourth-order valence-corrected chi connectivity index (χ4v) is 3.79. The summed E-state index contributed by atoms with van der Waals surface area (Å²) in [5.41, 5.74) is 5.87. The zero-order valence-electron chi connectivity index (χ0n) is 20.4. The SMILES string of the molecule is N.NC(=O)C(Cl)c1cccc(-c2ccnc(Oc3ccccc3NC(=O)Nc3ccc(Cl)c(C(F)(F)F)c3)n2)c1. The first-order valence-electron chi connectivity index (χ1n) is 11.1. The van der Waals surface area contributed by atoms with Crippen molar-refractivity contribution in [3.05, 3.63) is 95.1 Å². The molecule has 0 saturated heterocycles. The van der Waals surface area contributed by atoms with E-state index < -0.39 is 34.1 Å². The second-order valence-corrected chi connectivity index (χ2v) is 8.83. The summed E-state index contributed by atoms with van der Waals surface area (Å²) >= 11 is 11.7. The van der Waals surface area contributed by atoms with Gasteiger partial charge in [-0.25, -0.2) is 9.78 Å². The van der Waals surface area contributed by atoms with Gasteiger partial charge in [0.25, 0.3) is 0 Å². The van der Waals surface area contributed by atoms with Crippen LogP contribution in [0.3, 0.4) is 0 Å². The fraction of sp³-hybridized carbons (Fsp3) is 0.0769. The maximum Gasteiger partial charge on any atom is 0.417 e. The Kier molecular flexibility index (Phi) is 9.53. The number of nitrogens with zero attached hydrogens (tertiary/aromatic N) is 2.